The van der Waals surface area contributed by atoms with E-state index in [0.717, 1.165) is 11.6 Å². The van der Waals surface area contributed by atoms with Crippen LogP contribution in [0.5, 0.6) is 5.75 Å². The Kier molecular flexibility index (Phi) is 7.61. The zero-order valence-corrected chi connectivity index (χ0v) is 18.3. The van der Waals surface area contributed by atoms with Crippen LogP contribution >= 0.6 is 0 Å². The molecule has 0 unspecified atom stereocenters. The van der Waals surface area contributed by atoms with Gasteiger partial charge >= 0.3 is 0 Å². The molecular weight excluding hydrogens is 429 g/mol. The number of benzene rings is 3. The Hall–Kier alpha value is -3.93. The van der Waals surface area contributed by atoms with Crippen LogP contribution in [0.15, 0.2) is 97.2 Å². The van der Waals surface area contributed by atoms with E-state index in [0.29, 0.717) is 16.9 Å². The van der Waals surface area contributed by atoms with Crippen molar-refractivity contribution in [2.24, 2.45) is 0 Å². The molecule has 0 heterocycles. The van der Waals surface area contributed by atoms with Gasteiger partial charge in [-0.2, -0.15) is 0 Å². The highest BCUT2D eigenvalue weighted by Gasteiger charge is 2.16. The fraction of sp³-hybridized carbons (Fsp3) is 0.111. The van der Waals surface area contributed by atoms with Crippen LogP contribution in [0.25, 0.3) is 22.3 Å². The van der Waals surface area contributed by atoms with Crippen LogP contribution in [-0.2, 0) is 16.1 Å². The van der Waals surface area contributed by atoms with Crippen molar-refractivity contribution in [3.05, 3.63) is 114 Å². The highest BCUT2D eigenvalue weighted by Crippen LogP contribution is 2.32. The molecule has 170 valence electrons. The summed E-state index contributed by atoms with van der Waals surface area (Å²) in [4.78, 5) is 0. The summed E-state index contributed by atoms with van der Waals surface area (Å²) in [5.74, 6) is -1.94. The number of halogens is 3. The summed E-state index contributed by atoms with van der Waals surface area (Å²) in [6.45, 7) is 7.14. The molecular formula is C27H23F3O3. The Morgan fingerprint density at radius 3 is 1.82 bits per heavy atom. The SMILES string of the molecule is C=C(/C=C(/F)C(=C)OC)OCc1ccc(-c2ccc(-c3ccc(OC)cc3)c(F)c2F)cc1. The summed E-state index contributed by atoms with van der Waals surface area (Å²) in [6, 6.07) is 16.6. The number of hydrogen-bond acceptors (Lipinski definition) is 3. The second-order valence-electron chi connectivity index (χ2n) is 7.09. The summed E-state index contributed by atoms with van der Waals surface area (Å²) in [5, 5.41) is 0. The van der Waals surface area contributed by atoms with E-state index >= 15 is 0 Å². The van der Waals surface area contributed by atoms with Crippen LogP contribution in [0.3, 0.4) is 0 Å². The number of allylic oxidation sites excluding steroid dienone is 2. The molecule has 0 bridgehead atoms. The minimum Gasteiger partial charge on any atom is -0.497 e. The number of ether oxygens (including phenoxy) is 3. The van der Waals surface area contributed by atoms with E-state index in [4.69, 9.17) is 14.2 Å². The second-order valence-corrected chi connectivity index (χ2v) is 7.09. The molecule has 0 N–H and O–H groups in total. The topological polar surface area (TPSA) is 27.7 Å². The minimum absolute atomic E-state index is 0.0945. The maximum absolute atomic E-state index is 14.9. The highest BCUT2D eigenvalue weighted by molar-refractivity contribution is 5.72. The van der Waals surface area contributed by atoms with Gasteiger partial charge in [0, 0.05) is 17.2 Å². The fourth-order valence-corrected chi connectivity index (χ4v) is 3.08. The van der Waals surface area contributed by atoms with Crippen LogP contribution < -0.4 is 4.74 Å². The molecule has 0 amide bonds. The summed E-state index contributed by atoms with van der Waals surface area (Å²) in [7, 11) is 2.84. The largest absolute Gasteiger partial charge is 0.497 e. The van der Waals surface area contributed by atoms with Crippen LogP contribution in [-0.4, -0.2) is 14.2 Å². The Morgan fingerprint density at radius 2 is 1.33 bits per heavy atom. The van der Waals surface area contributed by atoms with Crippen molar-refractivity contribution in [3.8, 4) is 28.0 Å². The first-order valence-corrected chi connectivity index (χ1v) is 9.98. The van der Waals surface area contributed by atoms with Gasteiger partial charge in [-0.05, 0) is 28.8 Å². The van der Waals surface area contributed by atoms with Crippen molar-refractivity contribution >= 4 is 0 Å². The molecule has 3 rings (SSSR count). The molecule has 33 heavy (non-hydrogen) atoms. The molecule has 0 atom stereocenters. The molecule has 0 fully saturated rings. The molecule has 0 spiro atoms. The van der Waals surface area contributed by atoms with Gasteiger partial charge in [-0.3, -0.25) is 0 Å². The quantitative estimate of drug-likeness (QED) is 0.251. The lowest BCUT2D eigenvalue weighted by Crippen LogP contribution is -1.95. The molecule has 0 radical (unpaired) electrons. The van der Waals surface area contributed by atoms with Gasteiger partial charge < -0.3 is 14.2 Å². The van der Waals surface area contributed by atoms with E-state index in [2.05, 4.69) is 13.2 Å². The molecule has 6 heteroatoms. The molecule has 3 aromatic carbocycles. The third kappa shape index (κ3) is 5.66. The summed E-state index contributed by atoms with van der Waals surface area (Å²) in [6.07, 6.45) is 1.07. The van der Waals surface area contributed by atoms with E-state index in [1.165, 1.54) is 14.2 Å². The first-order valence-electron chi connectivity index (χ1n) is 9.98. The Balaban J connectivity index is 1.73. The van der Waals surface area contributed by atoms with E-state index in [1.54, 1.807) is 60.7 Å². The van der Waals surface area contributed by atoms with Gasteiger partial charge in [-0.1, -0.05) is 61.7 Å². The van der Waals surface area contributed by atoms with Gasteiger partial charge in [-0.15, -0.1) is 0 Å². The normalized spacial score (nSPS) is 11.1. The number of methoxy groups -OCH3 is 2. The molecule has 0 aromatic heterocycles. The highest BCUT2D eigenvalue weighted by atomic mass is 19.2. The lowest BCUT2D eigenvalue weighted by Gasteiger charge is -2.11. The zero-order valence-electron chi connectivity index (χ0n) is 18.3. The van der Waals surface area contributed by atoms with Gasteiger partial charge in [-0.25, -0.2) is 13.2 Å². The number of rotatable bonds is 9. The zero-order chi connectivity index (χ0) is 24.0. The standard InChI is InChI=1S/C27H23F3O3/c1-17(15-25(28)18(2)31-3)33-16-19-5-7-20(8-6-19)23-13-14-24(27(30)26(23)29)21-9-11-22(32-4)12-10-21/h5-15H,1-2,16H2,3-4H3/b25-15+. The van der Waals surface area contributed by atoms with Gasteiger partial charge in [0.1, 0.15) is 23.9 Å². The minimum atomic E-state index is -0.931. The third-order valence-corrected chi connectivity index (χ3v) is 4.97. The van der Waals surface area contributed by atoms with Crippen molar-refractivity contribution < 1.29 is 27.4 Å². The van der Waals surface area contributed by atoms with Gasteiger partial charge in [0.15, 0.2) is 17.5 Å². The maximum atomic E-state index is 14.9. The van der Waals surface area contributed by atoms with Gasteiger partial charge in [0.05, 0.1) is 14.2 Å². The van der Waals surface area contributed by atoms with Crippen LogP contribution in [0.2, 0.25) is 0 Å². The maximum Gasteiger partial charge on any atom is 0.168 e. The molecule has 0 aliphatic heterocycles. The van der Waals surface area contributed by atoms with Crippen molar-refractivity contribution in [3.63, 3.8) is 0 Å². The summed E-state index contributed by atoms with van der Waals surface area (Å²) < 4.78 is 58.5. The van der Waals surface area contributed by atoms with Crippen molar-refractivity contribution in [2.45, 2.75) is 6.61 Å². The number of hydrogen-bond donors (Lipinski definition) is 0. The van der Waals surface area contributed by atoms with Crippen molar-refractivity contribution in [2.75, 3.05) is 14.2 Å². The predicted octanol–water partition coefficient (Wildman–Crippen LogP) is 7.35. The van der Waals surface area contributed by atoms with Gasteiger partial charge in [0.2, 0.25) is 0 Å². The van der Waals surface area contributed by atoms with Gasteiger partial charge in [0.25, 0.3) is 0 Å². The van der Waals surface area contributed by atoms with E-state index in [9.17, 15) is 13.2 Å². The first kappa shape index (κ1) is 23.7. The lowest BCUT2D eigenvalue weighted by molar-refractivity contribution is 0.210. The molecule has 0 aliphatic rings. The van der Waals surface area contributed by atoms with Crippen LogP contribution in [0, 0.1) is 11.6 Å². The summed E-state index contributed by atoms with van der Waals surface area (Å²) in [5.41, 5.74) is 2.11. The van der Waals surface area contributed by atoms with Crippen LogP contribution in [0.4, 0.5) is 13.2 Å². The smallest absolute Gasteiger partial charge is 0.168 e. The second kappa shape index (κ2) is 10.6. The summed E-state index contributed by atoms with van der Waals surface area (Å²) >= 11 is 0. The van der Waals surface area contributed by atoms with Crippen LogP contribution in [0.1, 0.15) is 5.56 Å². The molecule has 3 nitrogen and oxygen atoms in total. The van der Waals surface area contributed by atoms with E-state index < -0.39 is 17.5 Å². The van der Waals surface area contributed by atoms with Crippen molar-refractivity contribution in [1.82, 2.24) is 0 Å². The van der Waals surface area contributed by atoms with Crippen molar-refractivity contribution in [1.29, 1.82) is 0 Å². The third-order valence-electron chi connectivity index (χ3n) is 4.97. The predicted molar refractivity (Wildman–Crippen MR) is 123 cm³/mol. The lowest BCUT2D eigenvalue weighted by atomic mass is 9.98. The Bertz CT molecular complexity index is 1180. The average molecular weight is 452 g/mol. The molecule has 0 saturated carbocycles. The first-order chi connectivity index (χ1) is 15.8. The Morgan fingerprint density at radius 1 is 0.818 bits per heavy atom. The van der Waals surface area contributed by atoms with E-state index in [-0.39, 0.29) is 29.3 Å². The molecule has 3 aromatic rings. The monoisotopic (exact) mass is 452 g/mol. The molecule has 0 aliphatic carbocycles. The molecule has 0 saturated heterocycles. The van der Waals surface area contributed by atoms with E-state index in [1.807, 2.05) is 0 Å². The Labute approximate surface area is 191 Å². The average Bonchev–Trinajstić information content (AvgIpc) is 2.84. The fourth-order valence-electron chi connectivity index (χ4n) is 3.08.